The van der Waals surface area contributed by atoms with Gasteiger partial charge in [-0.1, -0.05) is 23.7 Å². The van der Waals surface area contributed by atoms with E-state index in [1.807, 2.05) is 36.4 Å². The summed E-state index contributed by atoms with van der Waals surface area (Å²) < 4.78 is 42.1. The van der Waals surface area contributed by atoms with Gasteiger partial charge in [0.15, 0.2) is 0 Å². The van der Waals surface area contributed by atoms with Crippen LogP contribution in [0.1, 0.15) is 5.56 Å². The second-order valence-electron chi connectivity index (χ2n) is 6.20. The van der Waals surface area contributed by atoms with E-state index in [0.29, 0.717) is 5.69 Å². The van der Waals surface area contributed by atoms with Gasteiger partial charge in [-0.15, -0.1) is 11.3 Å². The van der Waals surface area contributed by atoms with Crippen LogP contribution >= 0.6 is 22.9 Å². The predicted octanol–water partition coefficient (Wildman–Crippen LogP) is 5.87. The number of aryl methyl sites for hydroxylation is 1. The van der Waals surface area contributed by atoms with Crippen LogP contribution in [0.3, 0.4) is 0 Å². The first-order valence-electron chi connectivity index (χ1n) is 8.28. The second kappa shape index (κ2) is 7.16. The van der Waals surface area contributed by atoms with Gasteiger partial charge in [-0.2, -0.15) is 0 Å². The van der Waals surface area contributed by atoms with Crippen molar-refractivity contribution in [1.29, 1.82) is 0 Å². The number of nitrogens with zero attached hydrogens (tertiary/aromatic N) is 1. The highest BCUT2D eigenvalue weighted by Crippen LogP contribution is 2.33. The van der Waals surface area contributed by atoms with Crippen LogP contribution < -0.4 is 4.72 Å². The summed E-state index contributed by atoms with van der Waals surface area (Å²) in [6.07, 6.45) is 0. The van der Waals surface area contributed by atoms with Gasteiger partial charge in [-0.3, -0.25) is 4.72 Å². The summed E-state index contributed by atoms with van der Waals surface area (Å²) in [5, 5.41) is 0.691. The average Bonchev–Trinajstić information content (AvgIpc) is 3.07. The van der Waals surface area contributed by atoms with E-state index >= 15 is 0 Å². The number of para-hydroxylation sites is 1. The minimum atomic E-state index is -3.94. The van der Waals surface area contributed by atoms with Crippen molar-refractivity contribution in [3.8, 4) is 10.6 Å². The standard InChI is InChI=1S/C20H14ClFN2O2S2/c1-12-10-13(20-23-17-4-2-3-5-18(17)27-20)6-8-16(12)24-28(25,26)19-9-7-14(22)11-15(19)21/h2-11,24H,1H3. The largest absolute Gasteiger partial charge is 0.279 e. The van der Waals surface area contributed by atoms with E-state index in [2.05, 4.69) is 9.71 Å². The molecule has 4 nitrogen and oxygen atoms in total. The molecule has 0 atom stereocenters. The molecule has 0 aliphatic heterocycles. The number of hydrogen-bond acceptors (Lipinski definition) is 4. The Balaban J connectivity index is 1.66. The van der Waals surface area contributed by atoms with E-state index in [4.69, 9.17) is 11.6 Å². The van der Waals surface area contributed by atoms with Crippen molar-refractivity contribution in [3.63, 3.8) is 0 Å². The van der Waals surface area contributed by atoms with Crippen LogP contribution in [-0.2, 0) is 10.0 Å². The summed E-state index contributed by atoms with van der Waals surface area (Å²) in [4.78, 5) is 4.45. The molecule has 0 amide bonds. The van der Waals surface area contributed by atoms with E-state index in [9.17, 15) is 12.8 Å². The first-order valence-corrected chi connectivity index (χ1v) is 11.0. The van der Waals surface area contributed by atoms with E-state index in [1.54, 1.807) is 24.3 Å². The molecule has 1 heterocycles. The third-order valence-corrected chi connectivity index (χ3v) is 7.13. The Morgan fingerprint density at radius 2 is 1.86 bits per heavy atom. The van der Waals surface area contributed by atoms with Crippen molar-refractivity contribution < 1.29 is 12.8 Å². The number of aromatic nitrogens is 1. The number of benzene rings is 3. The van der Waals surface area contributed by atoms with Gasteiger partial charge in [0.05, 0.1) is 20.9 Å². The maximum absolute atomic E-state index is 13.2. The molecule has 0 radical (unpaired) electrons. The van der Waals surface area contributed by atoms with Crippen LogP contribution in [-0.4, -0.2) is 13.4 Å². The molecule has 3 aromatic carbocycles. The molecule has 0 unspecified atom stereocenters. The fourth-order valence-electron chi connectivity index (χ4n) is 2.80. The number of rotatable bonds is 4. The molecular weight excluding hydrogens is 419 g/mol. The molecule has 0 fully saturated rings. The lowest BCUT2D eigenvalue weighted by molar-refractivity contribution is 0.599. The summed E-state index contributed by atoms with van der Waals surface area (Å²) in [6.45, 7) is 1.81. The average molecular weight is 433 g/mol. The Kier molecular flexibility index (Phi) is 4.82. The Morgan fingerprint density at radius 1 is 1.07 bits per heavy atom. The zero-order chi connectivity index (χ0) is 19.9. The summed E-state index contributed by atoms with van der Waals surface area (Å²) in [5.74, 6) is -0.597. The zero-order valence-corrected chi connectivity index (χ0v) is 17.0. The molecular formula is C20H14ClFN2O2S2. The molecule has 0 aliphatic rings. The van der Waals surface area contributed by atoms with Gasteiger partial charge in [0.2, 0.25) is 0 Å². The fraction of sp³-hybridized carbons (Fsp3) is 0.0500. The Labute approximate surface area is 170 Å². The smallest absolute Gasteiger partial charge is 0.263 e. The first-order chi connectivity index (χ1) is 13.3. The maximum Gasteiger partial charge on any atom is 0.263 e. The third-order valence-electron chi connectivity index (χ3n) is 4.20. The molecule has 1 N–H and O–H groups in total. The molecule has 0 saturated heterocycles. The van der Waals surface area contributed by atoms with Crippen LogP contribution in [0.25, 0.3) is 20.8 Å². The van der Waals surface area contributed by atoms with Crippen LogP contribution in [0.2, 0.25) is 5.02 Å². The number of nitrogens with one attached hydrogen (secondary N) is 1. The van der Waals surface area contributed by atoms with E-state index in [0.717, 1.165) is 44.6 Å². The first kappa shape index (κ1) is 18.9. The summed E-state index contributed by atoms with van der Waals surface area (Å²) in [6, 6.07) is 16.4. The minimum absolute atomic E-state index is 0.170. The predicted molar refractivity (Wildman–Crippen MR) is 112 cm³/mol. The van der Waals surface area contributed by atoms with Crippen molar-refractivity contribution in [3.05, 3.63) is 77.1 Å². The maximum atomic E-state index is 13.2. The van der Waals surface area contributed by atoms with Crippen molar-refractivity contribution in [2.45, 2.75) is 11.8 Å². The lowest BCUT2D eigenvalue weighted by Gasteiger charge is -2.12. The zero-order valence-electron chi connectivity index (χ0n) is 14.6. The molecule has 4 aromatic rings. The van der Waals surface area contributed by atoms with Crippen LogP contribution in [0, 0.1) is 12.7 Å². The number of halogens is 2. The Bertz CT molecular complexity index is 1270. The second-order valence-corrected chi connectivity index (χ2v) is 9.29. The van der Waals surface area contributed by atoms with Crippen molar-refractivity contribution in [2.24, 2.45) is 0 Å². The van der Waals surface area contributed by atoms with Crippen LogP contribution in [0.5, 0.6) is 0 Å². The van der Waals surface area contributed by atoms with Crippen LogP contribution in [0.4, 0.5) is 10.1 Å². The molecule has 4 rings (SSSR count). The van der Waals surface area contributed by atoms with Gasteiger partial charge in [0, 0.05) is 5.56 Å². The number of sulfonamides is 1. The molecule has 142 valence electrons. The van der Waals surface area contributed by atoms with Gasteiger partial charge in [-0.25, -0.2) is 17.8 Å². The Morgan fingerprint density at radius 3 is 2.57 bits per heavy atom. The SMILES string of the molecule is Cc1cc(-c2nc3ccccc3s2)ccc1NS(=O)(=O)c1ccc(F)cc1Cl. The lowest BCUT2D eigenvalue weighted by atomic mass is 10.1. The van der Waals surface area contributed by atoms with Crippen molar-refractivity contribution in [1.82, 2.24) is 4.98 Å². The number of anilines is 1. The molecule has 0 bridgehead atoms. The quantitative estimate of drug-likeness (QED) is 0.439. The van der Waals surface area contributed by atoms with Crippen LogP contribution in [0.15, 0.2) is 65.6 Å². The van der Waals surface area contributed by atoms with Crippen molar-refractivity contribution in [2.75, 3.05) is 4.72 Å². The van der Waals surface area contributed by atoms with Gasteiger partial charge >= 0.3 is 0 Å². The molecule has 0 saturated carbocycles. The molecule has 8 heteroatoms. The minimum Gasteiger partial charge on any atom is -0.279 e. The molecule has 0 spiro atoms. The summed E-state index contributed by atoms with van der Waals surface area (Å²) >= 11 is 7.47. The van der Waals surface area contributed by atoms with E-state index in [1.165, 1.54) is 0 Å². The molecule has 1 aromatic heterocycles. The molecule has 0 aliphatic carbocycles. The van der Waals surface area contributed by atoms with E-state index < -0.39 is 15.8 Å². The molecule has 28 heavy (non-hydrogen) atoms. The monoisotopic (exact) mass is 432 g/mol. The van der Waals surface area contributed by atoms with Gasteiger partial charge < -0.3 is 0 Å². The van der Waals surface area contributed by atoms with Gasteiger partial charge in [0.25, 0.3) is 10.0 Å². The number of fused-ring (bicyclic) bond motifs is 1. The van der Waals surface area contributed by atoms with Crippen molar-refractivity contribution >= 4 is 48.9 Å². The number of thiazole rings is 1. The number of hydrogen-bond donors (Lipinski definition) is 1. The highest BCUT2D eigenvalue weighted by Gasteiger charge is 2.19. The lowest BCUT2D eigenvalue weighted by Crippen LogP contribution is -2.14. The van der Waals surface area contributed by atoms with Gasteiger partial charge in [-0.05, 0) is 61.0 Å². The highest BCUT2D eigenvalue weighted by molar-refractivity contribution is 7.92. The highest BCUT2D eigenvalue weighted by atomic mass is 35.5. The Hall–Kier alpha value is -2.48. The van der Waals surface area contributed by atoms with E-state index in [-0.39, 0.29) is 9.92 Å². The van der Waals surface area contributed by atoms with Gasteiger partial charge in [0.1, 0.15) is 15.7 Å². The normalized spacial score (nSPS) is 11.7. The summed E-state index contributed by atoms with van der Waals surface area (Å²) in [5.41, 5.74) is 2.99. The topological polar surface area (TPSA) is 59.1 Å². The third kappa shape index (κ3) is 3.61. The fourth-order valence-corrected chi connectivity index (χ4v) is 5.43. The summed E-state index contributed by atoms with van der Waals surface area (Å²) in [7, 11) is -3.94.